The Kier molecular flexibility index (Phi) is 4.37. The minimum absolute atomic E-state index is 0.0146. The van der Waals surface area contributed by atoms with Gasteiger partial charge in [-0.2, -0.15) is 0 Å². The molecule has 0 bridgehead atoms. The maximum Gasteiger partial charge on any atom is 0.237 e. The Labute approximate surface area is 115 Å². The van der Waals surface area contributed by atoms with Gasteiger partial charge in [-0.3, -0.25) is 14.5 Å². The van der Waals surface area contributed by atoms with Crippen LogP contribution in [0.15, 0.2) is 12.1 Å². The molecule has 1 amide bonds. The van der Waals surface area contributed by atoms with Gasteiger partial charge in [0.2, 0.25) is 5.91 Å². The van der Waals surface area contributed by atoms with Gasteiger partial charge in [0.05, 0.1) is 21.8 Å². The van der Waals surface area contributed by atoms with E-state index in [-0.39, 0.29) is 24.3 Å². The van der Waals surface area contributed by atoms with Gasteiger partial charge in [0, 0.05) is 13.1 Å². The van der Waals surface area contributed by atoms with E-state index >= 15 is 0 Å². The molecule has 1 N–H and O–H groups in total. The largest absolute Gasteiger partial charge is 0.353 e. The lowest BCUT2D eigenvalue weighted by Crippen LogP contribution is -2.56. The Morgan fingerprint density at radius 2 is 2.39 bits per heavy atom. The molecule has 1 unspecified atom stereocenters. The van der Waals surface area contributed by atoms with Gasteiger partial charge in [0.25, 0.3) is 0 Å². The van der Waals surface area contributed by atoms with Crippen LogP contribution in [0.2, 0.25) is 4.34 Å². The molecule has 1 aliphatic rings. The molecule has 0 radical (unpaired) electrons. The van der Waals surface area contributed by atoms with Crippen molar-refractivity contribution >= 4 is 34.6 Å². The highest BCUT2D eigenvalue weighted by atomic mass is 35.5. The van der Waals surface area contributed by atoms with E-state index in [1.165, 1.54) is 11.3 Å². The number of rotatable bonds is 4. The molecule has 0 saturated carbocycles. The third-order valence-corrected chi connectivity index (χ3v) is 4.30. The summed E-state index contributed by atoms with van der Waals surface area (Å²) in [7, 11) is 0. The summed E-state index contributed by atoms with van der Waals surface area (Å²) in [5.74, 6) is 0.0424. The van der Waals surface area contributed by atoms with Crippen LogP contribution in [-0.4, -0.2) is 42.3 Å². The van der Waals surface area contributed by atoms with Crippen molar-refractivity contribution in [3.8, 4) is 0 Å². The second-order valence-corrected chi connectivity index (χ2v) is 5.93. The van der Waals surface area contributed by atoms with Crippen LogP contribution in [0.25, 0.3) is 0 Å². The number of piperazine rings is 1. The summed E-state index contributed by atoms with van der Waals surface area (Å²) in [5.41, 5.74) is 0. The zero-order valence-electron chi connectivity index (χ0n) is 10.1. The maximum absolute atomic E-state index is 12.1. The minimum atomic E-state index is -0.196. The van der Waals surface area contributed by atoms with Gasteiger partial charge in [-0.05, 0) is 18.6 Å². The van der Waals surface area contributed by atoms with Crippen molar-refractivity contribution in [3.05, 3.63) is 21.3 Å². The first-order chi connectivity index (χ1) is 8.61. The monoisotopic (exact) mass is 286 g/mol. The van der Waals surface area contributed by atoms with Crippen molar-refractivity contribution in [1.82, 2.24) is 10.2 Å². The van der Waals surface area contributed by atoms with Crippen LogP contribution in [-0.2, 0) is 4.79 Å². The molecule has 2 heterocycles. The molecular weight excluding hydrogens is 272 g/mol. The first-order valence-corrected chi connectivity index (χ1v) is 7.11. The molecule has 0 aromatic carbocycles. The highest BCUT2D eigenvalue weighted by Gasteiger charge is 2.29. The molecule has 1 saturated heterocycles. The Hall–Kier alpha value is -0.910. The molecule has 98 valence electrons. The fraction of sp³-hybridized carbons (Fsp3) is 0.500. The first-order valence-electron chi connectivity index (χ1n) is 5.92. The highest BCUT2D eigenvalue weighted by molar-refractivity contribution is 7.18. The second kappa shape index (κ2) is 5.82. The van der Waals surface area contributed by atoms with Crippen LogP contribution in [0.5, 0.6) is 0 Å². The standard InChI is InChI=1S/C12H15ClN2O2S/c1-2-8-12(17)14-5-6-15(8)7-9(16)10-3-4-11(13)18-10/h3-4,8H,2,5-7H2,1H3,(H,14,17). The zero-order valence-corrected chi connectivity index (χ0v) is 11.7. The molecule has 0 aliphatic carbocycles. The molecule has 1 aromatic rings. The van der Waals surface area contributed by atoms with Crippen LogP contribution in [0.1, 0.15) is 23.0 Å². The number of hydrogen-bond acceptors (Lipinski definition) is 4. The van der Waals surface area contributed by atoms with Gasteiger partial charge in [-0.1, -0.05) is 18.5 Å². The Morgan fingerprint density at radius 1 is 1.61 bits per heavy atom. The smallest absolute Gasteiger partial charge is 0.237 e. The zero-order chi connectivity index (χ0) is 13.1. The van der Waals surface area contributed by atoms with Gasteiger partial charge in [-0.15, -0.1) is 11.3 Å². The van der Waals surface area contributed by atoms with E-state index < -0.39 is 0 Å². The molecule has 1 aliphatic heterocycles. The highest BCUT2D eigenvalue weighted by Crippen LogP contribution is 2.22. The van der Waals surface area contributed by atoms with Crippen molar-refractivity contribution < 1.29 is 9.59 Å². The molecule has 18 heavy (non-hydrogen) atoms. The number of nitrogens with zero attached hydrogens (tertiary/aromatic N) is 1. The van der Waals surface area contributed by atoms with Gasteiger partial charge in [0.15, 0.2) is 5.78 Å². The Bertz CT molecular complexity index is 461. The fourth-order valence-corrected chi connectivity index (χ4v) is 3.09. The summed E-state index contributed by atoms with van der Waals surface area (Å²) in [6, 6.07) is 3.26. The fourth-order valence-electron chi connectivity index (χ4n) is 2.12. The van der Waals surface area contributed by atoms with Gasteiger partial charge in [0.1, 0.15) is 0 Å². The molecule has 6 heteroatoms. The lowest BCUT2D eigenvalue weighted by atomic mass is 10.1. The number of Topliss-reactive ketones (excluding diaryl/α,β-unsaturated/α-hetero) is 1. The van der Waals surface area contributed by atoms with Crippen LogP contribution in [0.3, 0.4) is 0 Å². The van der Waals surface area contributed by atoms with Crippen molar-refractivity contribution in [2.45, 2.75) is 19.4 Å². The third kappa shape index (κ3) is 2.91. The summed E-state index contributed by atoms with van der Waals surface area (Å²) < 4.78 is 0.613. The van der Waals surface area contributed by atoms with Crippen molar-refractivity contribution in [1.29, 1.82) is 0 Å². The first kappa shape index (κ1) is 13.5. The number of thiophene rings is 1. The molecule has 0 spiro atoms. The number of carbonyl (C=O) groups excluding carboxylic acids is 2. The second-order valence-electron chi connectivity index (χ2n) is 4.21. The van der Waals surface area contributed by atoms with Crippen molar-refractivity contribution in [3.63, 3.8) is 0 Å². The Balaban J connectivity index is 2.03. The molecule has 1 fully saturated rings. The maximum atomic E-state index is 12.1. The minimum Gasteiger partial charge on any atom is -0.353 e. The van der Waals surface area contributed by atoms with Crippen molar-refractivity contribution in [2.75, 3.05) is 19.6 Å². The van der Waals surface area contributed by atoms with Gasteiger partial charge in [-0.25, -0.2) is 0 Å². The average Bonchev–Trinajstić information content (AvgIpc) is 2.76. The van der Waals surface area contributed by atoms with Crippen LogP contribution in [0, 0.1) is 0 Å². The molecule has 4 nitrogen and oxygen atoms in total. The van der Waals surface area contributed by atoms with Crippen molar-refractivity contribution in [2.24, 2.45) is 0 Å². The molecular formula is C12H15ClN2O2S. The number of hydrogen-bond donors (Lipinski definition) is 1. The van der Waals surface area contributed by atoms with E-state index in [9.17, 15) is 9.59 Å². The summed E-state index contributed by atoms with van der Waals surface area (Å²) in [6.45, 7) is 3.56. The summed E-state index contributed by atoms with van der Waals surface area (Å²) in [4.78, 5) is 26.3. The summed E-state index contributed by atoms with van der Waals surface area (Å²) in [6.07, 6.45) is 0.713. The third-order valence-electron chi connectivity index (χ3n) is 3.02. The van der Waals surface area contributed by atoms with Gasteiger partial charge < -0.3 is 5.32 Å². The number of nitrogens with one attached hydrogen (secondary N) is 1. The summed E-state index contributed by atoms with van der Waals surface area (Å²) in [5, 5.41) is 2.82. The molecule has 2 rings (SSSR count). The molecule has 1 aromatic heterocycles. The lowest BCUT2D eigenvalue weighted by molar-refractivity contribution is -0.128. The quantitative estimate of drug-likeness (QED) is 0.859. The van der Waals surface area contributed by atoms with Crippen LogP contribution < -0.4 is 5.32 Å². The number of carbonyl (C=O) groups is 2. The lowest BCUT2D eigenvalue weighted by Gasteiger charge is -2.33. The van der Waals surface area contributed by atoms with Gasteiger partial charge >= 0.3 is 0 Å². The molecule has 1 atom stereocenters. The number of halogens is 1. The Morgan fingerprint density at radius 3 is 3.00 bits per heavy atom. The van der Waals surface area contributed by atoms with E-state index in [0.717, 1.165) is 6.54 Å². The number of ketones is 1. The summed E-state index contributed by atoms with van der Waals surface area (Å²) >= 11 is 7.10. The predicted molar refractivity (Wildman–Crippen MR) is 72.3 cm³/mol. The van der Waals surface area contributed by atoms with Crippen LogP contribution >= 0.6 is 22.9 Å². The average molecular weight is 287 g/mol. The van der Waals surface area contributed by atoms with E-state index in [2.05, 4.69) is 5.32 Å². The predicted octanol–water partition coefficient (Wildman–Crippen LogP) is 1.79. The van der Waals surface area contributed by atoms with E-state index in [4.69, 9.17) is 11.6 Å². The van der Waals surface area contributed by atoms with E-state index in [1.807, 2.05) is 11.8 Å². The SMILES string of the molecule is CCC1C(=O)NCCN1CC(=O)c1ccc(Cl)s1. The topological polar surface area (TPSA) is 49.4 Å². The normalized spacial score (nSPS) is 20.8. The van der Waals surface area contributed by atoms with E-state index in [0.29, 0.717) is 22.2 Å². The van der Waals surface area contributed by atoms with E-state index in [1.54, 1.807) is 12.1 Å². The number of amides is 1. The van der Waals surface area contributed by atoms with Crippen LogP contribution in [0.4, 0.5) is 0 Å².